The molecule has 0 bridgehead atoms. The molecule has 0 aliphatic heterocycles. The number of benzene rings is 3. The van der Waals surface area contributed by atoms with Gasteiger partial charge >= 0.3 is 0 Å². The van der Waals surface area contributed by atoms with Gasteiger partial charge in [0.1, 0.15) is 11.6 Å². The molecule has 0 saturated heterocycles. The van der Waals surface area contributed by atoms with Crippen molar-refractivity contribution in [3.63, 3.8) is 0 Å². The first-order valence-corrected chi connectivity index (χ1v) is 12.6. The maximum Gasteiger partial charge on any atom is 0.251 e. The van der Waals surface area contributed by atoms with Crippen molar-refractivity contribution in [2.75, 3.05) is 13.2 Å². The molecule has 5 heteroatoms. The lowest BCUT2D eigenvalue weighted by Crippen LogP contribution is -2.27. The fourth-order valence-corrected chi connectivity index (χ4v) is 4.40. The van der Waals surface area contributed by atoms with Crippen LogP contribution in [0.5, 0.6) is 5.75 Å². The molecule has 0 spiro atoms. The van der Waals surface area contributed by atoms with Crippen LogP contribution in [0.3, 0.4) is 0 Å². The van der Waals surface area contributed by atoms with Crippen LogP contribution >= 0.6 is 0 Å². The Labute approximate surface area is 208 Å². The molecular formula is C30H35N3O2. The molecule has 0 fully saturated rings. The van der Waals surface area contributed by atoms with E-state index < -0.39 is 0 Å². The lowest BCUT2D eigenvalue weighted by Gasteiger charge is -2.11. The van der Waals surface area contributed by atoms with Gasteiger partial charge in [-0.3, -0.25) is 4.79 Å². The van der Waals surface area contributed by atoms with E-state index in [-0.39, 0.29) is 5.91 Å². The summed E-state index contributed by atoms with van der Waals surface area (Å²) in [5.41, 5.74) is 6.34. The van der Waals surface area contributed by atoms with Gasteiger partial charge in [0.05, 0.1) is 17.6 Å². The summed E-state index contributed by atoms with van der Waals surface area (Å²) < 4.78 is 8.21. The van der Waals surface area contributed by atoms with Crippen molar-refractivity contribution >= 4 is 16.9 Å². The number of aromatic nitrogens is 2. The SMILES string of the molecule is CCc1ccc(OCCCCn2c(CCNC(=O)c3ccc(C)cc3C)nc3ccccc32)cc1. The number of rotatable bonds is 11. The molecule has 0 unspecified atom stereocenters. The number of amides is 1. The Kier molecular flexibility index (Phi) is 8.19. The lowest BCUT2D eigenvalue weighted by atomic mass is 10.1. The van der Waals surface area contributed by atoms with Gasteiger partial charge in [0.2, 0.25) is 0 Å². The Morgan fingerprint density at radius 2 is 1.80 bits per heavy atom. The molecule has 5 nitrogen and oxygen atoms in total. The number of ether oxygens (including phenoxy) is 1. The van der Waals surface area contributed by atoms with E-state index in [1.54, 1.807) is 0 Å². The van der Waals surface area contributed by atoms with E-state index in [2.05, 4.69) is 41.1 Å². The van der Waals surface area contributed by atoms with E-state index in [9.17, 15) is 4.79 Å². The Balaban J connectivity index is 1.32. The third kappa shape index (κ3) is 6.30. The highest BCUT2D eigenvalue weighted by atomic mass is 16.5. The van der Waals surface area contributed by atoms with Crippen molar-refractivity contribution in [1.29, 1.82) is 0 Å². The standard InChI is InChI=1S/C30H35N3O2/c1-4-24-12-14-25(15-13-24)35-20-8-7-19-33-28-10-6-5-9-27(28)32-29(33)17-18-31-30(34)26-16-11-22(2)21-23(26)3/h5-6,9-16,21H,4,7-8,17-20H2,1-3H3,(H,31,34). The molecular weight excluding hydrogens is 434 g/mol. The summed E-state index contributed by atoms with van der Waals surface area (Å²) in [6.07, 6.45) is 3.68. The van der Waals surface area contributed by atoms with Crippen LogP contribution in [0.4, 0.5) is 0 Å². The smallest absolute Gasteiger partial charge is 0.251 e. The Bertz CT molecular complexity index is 1270. The second-order valence-corrected chi connectivity index (χ2v) is 9.05. The summed E-state index contributed by atoms with van der Waals surface area (Å²) in [7, 11) is 0. The Morgan fingerprint density at radius 3 is 2.57 bits per heavy atom. The van der Waals surface area contributed by atoms with Crippen LogP contribution in [0.25, 0.3) is 11.0 Å². The molecule has 35 heavy (non-hydrogen) atoms. The van der Waals surface area contributed by atoms with E-state index in [0.717, 1.165) is 65.1 Å². The fourth-order valence-electron chi connectivity index (χ4n) is 4.40. The summed E-state index contributed by atoms with van der Waals surface area (Å²) in [6, 6.07) is 22.5. The Morgan fingerprint density at radius 1 is 1.00 bits per heavy atom. The highest BCUT2D eigenvalue weighted by Gasteiger charge is 2.12. The van der Waals surface area contributed by atoms with E-state index in [1.165, 1.54) is 5.56 Å². The van der Waals surface area contributed by atoms with Gasteiger partial charge in [-0.15, -0.1) is 0 Å². The number of imidazole rings is 1. The number of hydrogen-bond acceptors (Lipinski definition) is 3. The van der Waals surface area contributed by atoms with Crippen molar-refractivity contribution in [2.45, 2.75) is 53.0 Å². The zero-order chi connectivity index (χ0) is 24.6. The molecule has 182 valence electrons. The minimum Gasteiger partial charge on any atom is -0.494 e. The zero-order valence-corrected chi connectivity index (χ0v) is 21.0. The average Bonchev–Trinajstić information content (AvgIpc) is 3.21. The van der Waals surface area contributed by atoms with Crippen molar-refractivity contribution in [1.82, 2.24) is 14.9 Å². The molecule has 0 saturated carbocycles. The van der Waals surface area contributed by atoms with E-state index in [1.807, 2.05) is 56.3 Å². The van der Waals surface area contributed by atoms with Crippen LogP contribution in [0, 0.1) is 13.8 Å². The molecule has 4 rings (SSSR count). The largest absolute Gasteiger partial charge is 0.494 e. The molecule has 3 aromatic carbocycles. The van der Waals surface area contributed by atoms with Crippen molar-refractivity contribution < 1.29 is 9.53 Å². The number of nitrogens with one attached hydrogen (secondary N) is 1. The molecule has 1 amide bonds. The first-order valence-electron chi connectivity index (χ1n) is 12.6. The molecule has 0 atom stereocenters. The average molecular weight is 470 g/mol. The van der Waals surface area contributed by atoms with E-state index >= 15 is 0 Å². The number of hydrogen-bond donors (Lipinski definition) is 1. The van der Waals surface area contributed by atoms with E-state index in [4.69, 9.17) is 9.72 Å². The maximum atomic E-state index is 12.7. The van der Waals surface area contributed by atoms with E-state index in [0.29, 0.717) is 19.6 Å². The number of carbonyl (C=O) groups excluding carboxylic acids is 1. The summed E-state index contributed by atoms with van der Waals surface area (Å²) in [6.45, 7) is 8.29. The van der Waals surface area contributed by atoms with Gasteiger partial charge in [-0.25, -0.2) is 4.98 Å². The summed E-state index contributed by atoms with van der Waals surface area (Å²) >= 11 is 0. The quantitative estimate of drug-likeness (QED) is 0.272. The third-order valence-corrected chi connectivity index (χ3v) is 6.37. The van der Waals surface area contributed by atoms with Gasteiger partial charge in [-0.1, -0.05) is 48.9 Å². The number of fused-ring (bicyclic) bond motifs is 1. The molecule has 0 aliphatic carbocycles. The number of nitrogens with zero attached hydrogens (tertiary/aromatic N) is 2. The second kappa shape index (κ2) is 11.7. The van der Waals surface area contributed by atoms with Gasteiger partial charge in [0.15, 0.2) is 0 Å². The van der Waals surface area contributed by atoms with Crippen LogP contribution in [-0.4, -0.2) is 28.6 Å². The molecule has 1 aromatic heterocycles. The second-order valence-electron chi connectivity index (χ2n) is 9.05. The highest BCUT2D eigenvalue weighted by Crippen LogP contribution is 2.18. The fraction of sp³-hybridized carbons (Fsp3) is 0.333. The predicted octanol–water partition coefficient (Wildman–Crippen LogP) is 6.05. The van der Waals surface area contributed by atoms with Gasteiger partial charge in [-0.05, 0) is 74.6 Å². The minimum absolute atomic E-state index is 0.0331. The lowest BCUT2D eigenvalue weighted by molar-refractivity contribution is 0.0953. The first kappa shape index (κ1) is 24.5. The third-order valence-electron chi connectivity index (χ3n) is 6.37. The molecule has 0 aliphatic rings. The van der Waals surface area contributed by atoms with Crippen LogP contribution in [0.15, 0.2) is 66.7 Å². The predicted molar refractivity (Wildman–Crippen MR) is 142 cm³/mol. The number of aryl methyl sites for hydroxylation is 4. The first-order chi connectivity index (χ1) is 17.0. The van der Waals surface area contributed by atoms with Crippen LogP contribution in [0.2, 0.25) is 0 Å². The number of carbonyl (C=O) groups is 1. The van der Waals surface area contributed by atoms with Crippen LogP contribution in [0.1, 0.15) is 52.6 Å². The molecule has 0 radical (unpaired) electrons. The minimum atomic E-state index is -0.0331. The van der Waals surface area contributed by atoms with Gasteiger partial charge in [-0.2, -0.15) is 0 Å². The Hall–Kier alpha value is -3.60. The number of para-hydroxylation sites is 2. The van der Waals surface area contributed by atoms with Crippen molar-refractivity contribution in [3.8, 4) is 5.75 Å². The maximum absolute atomic E-state index is 12.7. The molecule has 1 N–H and O–H groups in total. The van der Waals surface area contributed by atoms with Gasteiger partial charge in [0, 0.05) is 25.1 Å². The highest BCUT2D eigenvalue weighted by molar-refractivity contribution is 5.95. The molecule has 4 aromatic rings. The molecule has 1 heterocycles. The summed E-state index contributed by atoms with van der Waals surface area (Å²) in [5.74, 6) is 1.90. The monoisotopic (exact) mass is 469 g/mol. The topological polar surface area (TPSA) is 56.1 Å². The van der Waals surface area contributed by atoms with Crippen LogP contribution < -0.4 is 10.1 Å². The summed E-state index contributed by atoms with van der Waals surface area (Å²) in [4.78, 5) is 17.5. The van der Waals surface area contributed by atoms with Crippen LogP contribution in [-0.2, 0) is 19.4 Å². The zero-order valence-electron chi connectivity index (χ0n) is 21.0. The van der Waals surface area contributed by atoms with Crippen molar-refractivity contribution in [3.05, 3.63) is 94.8 Å². The normalized spacial score (nSPS) is 11.1. The summed E-state index contributed by atoms with van der Waals surface area (Å²) in [5, 5.41) is 3.07. The van der Waals surface area contributed by atoms with Gasteiger partial charge < -0.3 is 14.6 Å². The number of unbranched alkanes of at least 4 members (excludes halogenated alkanes) is 1. The van der Waals surface area contributed by atoms with Gasteiger partial charge in [0.25, 0.3) is 5.91 Å². The van der Waals surface area contributed by atoms with Crippen molar-refractivity contribution in [2.24, 2.45) is 0 Å².